The summed E-state index contributed by atoms with van der Waals surface area (Å²) in [5.41, 5.74) is 0.824. The van der Waals surface area contributed by atoms with Crippen molar-refractivity contribution in [3.05, 3.63) is 42.1 Å². The van der Waals surface area contributed by atoms with Crippen LogP contribution >= 0.6 is 0 Å². The fraction of sp³-hybridized carbons (Fsp3) is 0.421. The summed E-state index contributed by atoms with van der Waals surface area (Å²) in [6, 6.07) is 11.5. The van der Waals surface area contributed by atoms with Gasteiger partial charge < -0.3 is 10.1 Å². The maximum Gasteiger partial charge on any atom is 0.239 e. The van der Waals surface area contributed by atoms with E-state index in [2.05, 4.69) is 21.4 Å². The van der Waals surface area contributed by atoms with Crippen molar-refractivity contribution in [1.82, 2.24) is 14.7 Å². The van der Waals surface area contributed by atoms with Gasteiger partial charge in [-0.15, -0.1) is 0 Å². The van der Waals surface area contributed by atoms with Crippen molar-refractivity contribution >= 4 is 11.7 Å². The average Bonchev–Trinajstić information content (AvgIpc) is 2.96. The van der Waals surface area contributed by atoms with E-state index < -0.39 is 0 Å². The molecule has 1 aromatic carbocycles. The van der Waals surface area contributed by atoms with Gasteiger partial charge in [0.2, 0.25) is 5.91 Å². The quantitative estimate of drug-likeness (QED) is 0.911. The van der Waals surface area contributed by atoms with Crippen LogP contribution in [0.25, 0.3) is 5.69 Å². The van der Waals surface area contributed by atoms with Crippen LogP contribution in [0.4, 0.5) is 5.82 Å². The van der Waals surface area contributed by atoms with Crippen LogP contribution < -0.4 is 5.32 Å². The lowest BCUT2D eigenvalue weighted by Crippen LogP contribution is -2.53. The number of carbonyl (C=O) groups excluding carboxylic acids is 1. The fourth-order valence-electron chi connectivity index (χ4n) is 3.40. The summed E-state index contributed by atoms with van der Waals surface area (Å²) in [7, 11) is 0. The second-order valence-electron chi connectivity index (χ2n) is 7.17. The number of nitrogens with zero attached hydrogens (tertiary/aromatic N) is 4. The van der Waals surface area contributed by atoms with Crippen molar-refractivity contribution in [2.75, 3.05) is 25.0 Å². The monoisotopic (exact) mass is 353 g/mol. The van der Waals surface area contributed by atoms with Crippen LogP contribution in [0.3, 0.4) is 0 Å². The summed E-state index contributed by atoms with van der Waals surface area (Å²) in [6.45, 7) is 7.65. The molecule has 1 aliphatic heterocycles. The van der Waals surface area contributed by atoms with E-state index in [0.717, 1.165) is 5.69 Å². The minimum atomic E-state index is -0.290. The number of carbonyl (C=O) groups is 1. The summed E-state index contributed by atoms with van der Waals surface area (Å²) >= 11 is 0. The topological polar surface area (TPSA) is 83.2 Å². The molecule has 3 rings (SSSR count). The van der Waals surface area contributed by atoms with Gasteiger partial charge in [0.05, 0.1) is 30.1 Å². The number of nitriles is 1. The first-order chi connectivity index (χ1) is 12.4. The van der Waals surface area contributed by atoms with Crippen LogP contribution in [0.1, 0.15) is 26.3 Å². The molecule has 0 spiro atoms. The van der Waals surface area contributed by atoms with Crippen molar-refractivity contribution in [3.8, 4) is 11.8 Å². The molecule has 7 heteroatoms. The summed E-state index contributed by atoms with van der Waals surface area (Å²) < 4.78 is 7.45. The van der Waals surface area contributed by atoms with E-state index in [9.17, 15) is 10.1 Å². The van der Waals surface area contributed by atoms with Gasteiger partial charge in [0.15, 0.2) is 5.82 Å². The molecular weight excluding hydrogens is 330 g/mol. The number of para-hydroxylation sites is 1. The Morgan fingerprint density at radius 1 is 1.42 bits per heavy atom. The van der Waals surface area contributed by atoms with Gasteiger partial charge in [0.25, 0.3) is 0 Å². The van der Waals surface area contributed by atoms with E-state index in [1.807, 2.05) is 51.1 Å². The highest BCUT2D eigenvalue weighted by Crippen LogP contribution is 2.22. The molecule has 0 bridgehead atoms. The standard InChI is InChI=1S/C19H23N5O2/c1-14-11-23(13-19(2,3)26-14)12-17(25)22-18-15(9-20)10-21-24(18)16-7-5-4-6-8-16/h4-8,10,14H,11-13H2,1-3H3,(H,22,25). The highest BCUT2D eigenvalue weighted by molar-refractivity contribution is 5.93. The molecular formula is C19H23N5O2. The van der Waals surface area contributed by atoms with Crippen molar-refractivity contribution in [1.29, 1.82) is 5.26 Å². The highest BCUT2D eigenvalue weighted by Gasteiger charge is 2.32. The molecule has 1 unspecified atom stereocenters. The normalized spacial score (nSPS) is 19.7. The van der Waals surface area contributed by atoms with Crippen LogP contribution in [0.15, 0.2) is 36.5 Å². The molecule has 7 nitrogen and oxygen atoms in total. The van der Waals surface area contributed by atoms with E-state index in [-0.39, 0.29) is 24.2 Å². The molecule has 1 atom stereocenters. The van der Waals surface area contributed by atoms with E-state index in [1.54, 1.807) is 4.68 Å². The second-order valence-corrected chi connectivity index (χ2v) is 7.17. The summed E-state index contributed by atoms with van der Waals surface area (Å²) in [5.74, 6) is 0.216. The molecule has 1 saturated heterocycles. The van der Waals surface area contributed by atoms with Crippen molar-refractivity contribution in [3.63, 3.8) is 0 Å². The number of anilines is 1. The Kier molecular flexibility index (Phi) is 5.07. The van der Waals surface area contributed by atoms with Crippen LogP contribution in [0, 0.1) is 11.3 Å². The Labute approximate surface area is 153 Å². The van der Waals surface area contributed by atoms with Gasteiger partial charge in [-0.25, -0.2) is 4.68 Å². The molecule has 0 radical (unpaired) electrons. The second kappa shape index (κ2) is 7.28. The van der Waals surface area contributed by atoms with Crippen molar-refractivity contribution in [2.24, 2.45) is 0 Å². The van der Waals surface area contributed by atoms with Gasteiger partial charge in [-0.2, -0.15) is 10.4 Å². The van der Waals surface area contributed by atoms with E-state index >= 15 is 0 Å². The summed E-state index contributed by atoms with van der Waals surface area (Å²) in [6.07, 6.45) is 1.53. The van der Waals surface area contributed by atoms with Gasteiger partial charge in [0.1, 0.15) is 11.6 Å². The third kappa shape index (κ3) is 4.10. The molecule has 1 N–H and O–H groups in total. The predicted molar refractivity (Wildman–Crippen MR) is 98.0 cm³/mol. The first kappa shape index (κ1) is 18.1. The smallest absolute Gasteiger partial charge is 0.239 e. The summed E-state index contributed by atoms with van der Waals surface area (Å²) in [4.78, 5) is 14.7. The molecule has 0 saturated carbocycles. The van der Waals surface area contributed by atoms with Crippen LogP contribution in [0.2, 0.25) is 0 Å². The van der Waals surface area contributed by atoms with Crippen molar-refractivity contribution in [2.45, 2.75) is 32.5 Å². The molecule has 1 fully saturated rings. The number of ether oxygens (including phenoxy) is 1. The van der Waals surface area contributed by atoms with Gasteiger partial charge >= 0.3 is 0 Å². The van der Waals surface area contributed by atoms with Crippen LogP contribution in [-0.2, 0) is 9.53 Å². The average molecular weight is 353 g/mol. The highest BCUT2D eigenvalue weighted by atomic mass is 16.5. The number of rotatable bonds is 4. The minimum absolute atomic E-state index is 0.0658. The van der Waals surface area contributed by atoms with Gasteiger partial charge in [0, 0.05) is 13.1 Å². The zero-order valence-corrected chi connectivity index (χ0v) is 15.3. The van der Waals surface area contributed by atoms with E-state index in [0.29, 0.717) is 24.5 Å². The molecule has 1 amide bonds. The number of hydrogen-bond donors (Lipinski definition) is 1. The molecule has 2 aromatic rings. The first-order valence-electron chi connectivity index (χ1n) is 8.61. The number of aromatic nitrogens is 2. The molecule has 136 valence electrons. The number of benzene rings is 1. The molecule has 2 heterocycles. The van der Waals surface area contributed by atoms with Gasteiger partial charge in [-0.3, -0.25) is 9.69 Å². The SMILES string of the molecule is CC1CN(CC(=O)Nc2c(C#N)cnn2-c2ccccc2)CC(C)(C)O1. The van der Waals surface area contributed by atoms with Crippen molar-refractivity contribution < 1.29 is 9.53 Å². The third-order valence-corrected chi connectivity index (χ3v) is 4.16. The zero-order chi connectivity index (χ0) is 18.7. The first-order valence-corrected chi connectivity index (χ1v) is 8.61. The molecule has 1 aliphatic rings. The predicted octanol–water partition coefficient (Wildman–Crippen LogP) is 2.18. The molecule has 1 aromatic heterocycles. The lowest BCUT2D eigenvalue weighted by Gasteiger charge is -2.41. The summed E-state index contributed by atoms with van der Waals surface area (Å²) in [5, 5.41) is 16.4. The Morgan fingerprint density at radius 3 is 2.81 bits per heavy atom. The van der Waals surface area contributed by atoms with E-state index in [1.165, 1.54) is 6.20 Å². The van der Waals surface area contributed by atoms with Gasteiger partial charge in [-0.1, -0.05) is 18.2 Å². The largest absolute Gasteiger partial charge is 0.370 e. The Hall–Kier alpha value is -2.69. The Balaban J connectivity index is 1.76. The molecule has 0 aliphatic carbocycles. The molecule has 26 heavy (non-hydrogen) atoms. The lowest BCUT2D eigenvalue weighted by molar-refractivity contribution is -0.136. The van der Waals surface area contributed by atoms with Crippen LogP contribution in [0.5, 0.6) is 0 Å². The Morgan fingerprint density at radius 2 is 2.15 bits per heavy atom. The zero-order valence-electron chi connectivity index (χ0n) is 15.3. The number of nitrogens with one attached hydrogen (secondary N) is 1. The Bertz CT molecular complexity index is 822. The minimum Gasteiger partial charge on any atom is -0.370 e. The third-order valence-electron chi connectivity index (χ3n) is 4.16. The van der Waals surface area contributed by atoms with Gasteiger partial charge in [-0.05, 0) is 32.9 Å². The lowest BCUT2D eigenvalue weighted by atomic mass is 10.1. The number of hydrogen-bond acceptors (Lipinski definition) is 5. The number of morpholine rings is 1. The maximum atomic E-state index is 12.6. The van der Waals surface area contributed by atoms with E-state index in [4.69, 9.17) is 4.74 Å². The number of amides is 1. The fourth-order valence-corrected chi connectivity index (χ4v) is 3.40. The van der Waals surface area contributed by atoms with Crippen LogP contribution in [-0.4, -0.2) is 51.9 Å². The maximum absolute atomic E-state index is 12.6.